The standard InChI is InChI=1S/C19H22F2N2O/c1-3-23(4-2)18(14-8-6-5-7-9-14)13-22-19(24)15-10-16(20)12-17(21)11-15/h5-12,18H,3-4,13H2,1-2H3,(H,22,24). The molecule has 1 amide bonds. The third-order valence-corrected chi connectivity index (χ3v) is 4.02. The van der Waals surface area contributed by atoms with E-state index in [0.29, 0.717) is 6.54 Å². The van der Waals surface area contributed by atoms with Crippen LogP contribution < -0.4 is 5.32 Å². The summed E-state index contributed by atoms with van der Waals surface area (Å²) in [4.78, 5) is 14.4. The highest BCUT2D eigenvalue weighted by atomic mass is 19.1. The normalized spacial score (nSPS) is 12.2. The van der Waals surface area contributed by atoms with E-state index in [-0.39, 0.29) is 11.6 Å². The number of hydrogen-bond acceptors (Lipinski definition) is 2. The van der Waals surface area contributed by atoms with Gasteiger partial charge >= 0.3 is 0 Å². The molecule has 0 aliphatic rings. The molecule has 3 nitrogen and oxygen atoms in total. The minimum Gasteiger partial charge on any atom is -0.350 e. The van der Waals surface area contributed by atoms with E-state index in [1.54, 1.807) is 0 Å². The zero-order valence-electron chi connectivity index (χ0n) is 13.9. The Labute approximate surface area is 141 Å². The Bertz CT molecular complexity index is 652. The van der Waals surface area contributed by atoms with Crippen LogP contribution in [0.2, 0.25) is 0 Å². The molecule has 0 spiro atoms. The van der Waals surface area contributed by atoms with Crippen LogP contribution in [0.25, 0.3) is 0 Å². The lowest BCUT2D eigenvalue weighted by atomic mass is 10.0. The molecule has 2 rings (SSSR count). The molecule has 2 aromatic rings. The second kappa shape index (κ2) is 8.55. The number of carbonyl (C=O) groups is 1. The van der Waals surface area contributed by atoms with Crippen molar-refractivity contribution in [1.82, 2.24) is 10.2 Å². The van der Waals surface area contributed by atoms with Gasteiger partial charge in [-0.15, -0.1) is 0 Å². The van der Waals surface area contributed by atoms with Gasteiger partial charge in [0.15, 0.2) is 0 Å². The third kappa shape index (κ3) is 4.61. The molecule has 24 heavy (non-hydrogen) atoms. The van der Waals surface area contributed by atoms with Gasteiger partial charge < -0.3 is 5.32 Å². The Morgan fingerprint density at radius 2 is 1.62 bits per heavy atom. The van der Waals surface area contributed by atoms with Crippen LogP contribution in [0.5, 0.6) is 0 Å². The zero-order valence-corrected chi connectivity index (χ0v) is 13.9. The van der Waals surface area contributed by atoms with Crippen molar-refractivity contribution in [2.24, 2.45) is 0 Å². The molecule has 1 unspecified atom stereocenters. The lowest BCUT2D eigenvalue weighted by Gasteiger charge is -2.30. The summed E-state index contributed by atoms with van der Waals surface area (Å²) in [5, 5.41) is 2.79. The maximum Gasteiger partial charge on any atom is 0.251 e. The summed E-state index contributed by atoms with van der Waals surface area (Å²) >= 11 is 0. The van der Waals surface area contributed by atoms with Crippen molar-refractivity contribution in [3.05, 3.63) is 71.3 Å². The zero-order chi connectivity index (χ0) is 17.5. The second-order valence-electron chi connectivity index (χ2n) is 5.52. The summed E-state index contributed by atoms with van der Waals surface area (Å²) in [6, 6.07) is 12.7. The molecule has 2 aromatic carbocycles. The average molecular weight is 332 g/mol. The van der Waals surface area contributed by atoms with E-state index in [1.165, 1.54) is 0 Å². The molecule has 128 valence electrons. The highest BCUT2D eigenvalue weighted by molar-refractivity contribution is 5.94. The van der Waals surface area contributed by atoms with Crippen molar-refractivity contribution in [2.45, 2.75) is 19.9 Å². The van der Waals surface area contributed by atoms with Gasteiger partial charge in [0, 0.05) is 18.2 Å². The summed E-state index contributed by atoms with van der Waals surface area (Å²) in [7, 11) is 0. The van der Waals surface area contributed by atoms with Gasteiger partial charge in [0.05, 0.1) is 6.04 Å². The van der Waals surface area contributed by atoms with Crippen LogP contribution >= 0.6 is 0 Å². The van der Waals surface area contributed by atoms with Crippen molar-refractivity contribution in [2.75, 3.05) is 19.6 Å². The molecule has 0 saturated heterocycles. The van der Waals surface area contributed by atoms with Crippen molar-refractivity contribution in [1.29, 1.82) is 0 Å². The predicted octanol–water partition coefficient (Wildman–Crippen LogP) is 3.78. The number of carbonyl (C=O) groups excluding carboxylic acids is 1. The molecule has 0 saturated carbocycles. The fourth-order valence-corrected chi connectivity index (χ4v) is 2.77. The highest BCUT2D eigenvalue weighted by Gasteiger charge is 2.19. The summed E-state index contributed by atoms with van der Waals surface area (Å²) in [5.41, 5.74) is 1.07. The Hall–Kier alpha value is -2.27. The summed E-state index contributed by atoms with van der Waals surface area (Å²) in [6.45, 7) is 6.15. The minimum atomic E-state index is -0.761. The fraction of sp³-hybridized carbons (Fsp3) is 0.316. The van der Waals surface area contributed by atoms with Crippen molar-refractivity contribution in [3.63, 3.8) is 0 Å². The van der Waals surface area contributed by atoms with E-state index >= 15 is 0 Å². The smallest absolute Gasteiger partial charge is 0.251 e. The first kappa shape index (κ1) is 18.1. The van der Waals surface area contributed by atoms with Gasteiger partial charge in [-0.2, -0.15) is 0 Å². The van der Waals surface area contributed by atoms with Gasteiger partial charge in [-0.05, 0) is 30.8 Å². The number of halogens is 2. The van der Waals surface area contributed by atoms with Crippen LogP contribution in [-0.4, -0.2) is 30.4 Å². The molecular weight excluding hydrogens is 310 g/mol. The van der Waals surface area contributed by atoms with Crippen LogP contribution in [0.15, 0.2) is 48.5 Å². The molecule has 1 N–H and O–H groups in total. The Kier molecular flexibility index (Phi) is 6.44. The molecule has 0 heterocycles. The lowest BCUT2D eigenvalue weighted by molar-refractivity contribution is 0.0934. The van der Waals surface area contributed by atoms with E-state index < -0.39 is 17.5 Å². The van der Waals surface area contributed by atoms with E-state index in [0.717, 1.165) is 36.9 Å². The van der Waals surface area contributed by atoms with E-state index in [9.17, 15) is 13.6 Å². The van der Waals surface area contributed by atoms with Crippen molar-refractivity contribution >= 4 is 5.91 Å². The van der Waals surface area contributed by atoms with E-state index in [1.807, 2.05) is 30.3 Å². The van der Waals surface area contributed by atoms with Gasteiger partial charge in [-0.3, -0.25) is 9.69 Å². The summed E-state index contributed by atoms with van der Waals surface area (Å²) in [5.74, 6) is -2.01. The van der Waals surface area contributed by atoms with Crippen LogP contribution in [-0.2, 0) is 0 Å². The third-order valence-electron chi connectivity index (χ3n) is 4.02. The van der Waals surface area contributed by atoms with Gasteiger partial charge in [-0.1, -0.05) is 44.2 Å². The maximum atomic E-state index is 13.3. The SMILES string of the molecule is CCN(CC)C(CNC(=O)c1cc(F)cc(F)c1)c1ccccc1. The molecule has 0 aliphatic carbocycles. The molecule has 0 aliphatic heterocycles. The number of amides is 1. The first-order valence-electron chi connectivity index (χ1n) is 8.08. The number of nitrogens with zero attached hydrogens (tertiary/aromatic N) is 1. The molecule has 1 atom stereocenters. The quantitative estimate of drug-likeness (QED) is 0.837. The van der Waals surface area contributed by atoms with E-state index in [2.05, 4.69) is 24.1 Å². The maximum absolute atomic E-state index is 13.3. The summed E-state index contributed by atoms with van der Waals surface area (Å²) in [6.07, 6.45) is 0. The molecule has 0 bridgehead atoms. The number of nitrogens with one attached hydrogen (secondary N) is 1. The Balaban J connectivity index is 2.13. The molecule has 5 heteroatoms. The minimum absolute atomic E-state index is 0.00329. The van der Waals surface area contributed by atoms with Crippen LogP contribution in [0, 0.1) is 11.6 Å². The molecule has 0 radical (unpaired) electrons. The topological polar surface area (TPSA) is 32.3 Å². The fourth-order valence-electron chi connectivity index (χ4n) is 2.77. The van der Waals surface area contributed by atoms with Gasteiger partial charge in [0.2, 0.25) is 0 Å². The monoisotopic (exact) mass is 332 g/mol. The van der Waals surface area contributed by atoms with Gasteiger partial charge in [0.1, 0.15) is 11.6 Å². The van der Waals surface area contributed by atoms with Crippen LogP contribution in [0.4, 0.5) is 8.78 Å². The predicted molar refractivity (Wildman–Crippen MR) is 90.8 cm³/mol. The van der Waals surface area contributed by atoms with E-state index in [4.69, 9.17) is 0 Å². The Morgan fingerprint density at radius 1 is 1.04 bits per heavy atom. The lowest BCUT2D eigenvalue weighted by Crippen LogP contribution is -2.38. The summed E-state index contributed by atoms with van der Waals surface area (Å²) < 4.78 is 26.5. The highest BCUT2D eigenvalue weighted by Crippen LogP contribution is 2.19. The van der Waals surface area contributed by atoms with Gasteiger partial charge in [-0.25, -0.2) is 8.78 Å². The largest absolute Gasteiger partial charge is 0.350 e. The first-order valence-corrected chi connectivity index (χ1v) is 8.08. The van der Waals surface area contributed by atoms with Crippen molar-refractivity contribution < 1.29 is 13.6 Å². The number of rotatable bonds is 7. The van der Waals surface area contributed by atoms with Crippen LogP contribution in [0.3, 0.4) is 0 Å². The Morgan fingerprint density at radius 3 is 2.17 bits per heavy atom. The second-order valence-corrected chi connectivity index (χ2v) is 5.52. The number of likely N-dealkylation sites (N-methyl/N-ethyl adjacent to an activating group) is 1. The first-order chi connectivity index (χ1) is 11.5. The average Bonchev–Trinajstić information content (AvgIpc) is 2.58. The van der Waals surface area contributed by atoms with Crippen LogP contribution in [0.1, 0.15) is 35.8 Å². The van der Waals surface area contributed by atoms with Crippen molar-refractivity contribution in [3.8, 4) is 0 Å². The number of hydrogen-bond donors (Lipinski definition) is 1. The molecule has 0 fully saturated rings. The molecule has 0 aromatic heterocycles. The van der Waals surface area contributed by atoms with Gasteiger partial charge in [0.25, 0.3) is 5.91 Å². The molecular formula is C19H22F2N2O. The number of benzene rings is 2.